The molecule has 1 aliphatic rings. The van der Waals surface area contributed by atoms with Crippen molar-refractivity contribution in [3.8, 4) is 5.75 Å². The summed E-state index contributed by atoms with van der Waals surface area (Å²) in [5.41, 5.74) is 1.60. The average molecular weight is 278 g/mol. The summed E-state index contributed by atoms with van der Waals surface area (Å²) >= 11 is 5.74. The Morgan fingerprint density at radius 3 is 2.89 bits per heavy atom. The molecule has 98 valence electrons. The number of nitrogens with one attached hydrogen (secondary N) is 1. The van der Waals surface area contributed by atoms with Gasteiger partial charge in [0, 0.05) is 6.42 Å². The summed E-state index contributed by atoms with van der Waals surface area (Å²) in [6, 6.07) is 12.9. The molecule has 1 unspecified atom stereocenters. The summed E-state index contributed by atoms with van der Waals surface area (Å²) in [6.07, 6.45) is 0.863. The van der Waals surface area contributed by atoms with E-state index in [1.807, 2.05) is 18.2 Å². The van der Waals surface area contributed by atoms with Crippen molar-refractivity contribution in [3.63, 3.8) is 0 Å². The topological polar surface area (TPSA) is 21.3 Å². The predicted molar refractivity (Wildman–Crippen MR) is 74.5 cm³/mol. The molecule has 0 bridgehead atoms. The van der Waals surface area contributed by atoms with Gasteiger partial charge in [0.1, 0.15) is 11.9 Å². The molecule has 2 aromatic rings. The standard InChI is InChI=1S/C15H13ClFNO/c16-12-5-3-6-13(15(12)17)18-9-11-8-10-4-1-2-7-14(10)19-11/h1-7,11,18H,8-9H2. The summed E-state index contributed by atoms with van der Waals surface area (Å²) in [7, 11) is 0. The highest BCUT2D eigenvalue weighted by atomic mass is 35.5. The molecule has 0 aliphatic carbocycles. The van der Waals surface area contributed by atoms with Gasteiger partial charge in [-0.1, -0.05) is 35.9 Å². The number of anilines is 1. The fourth-order valence-corrected chi connectivity index (χ4v) is 2.41. The molecule has 1 heterocycles. The quantitative estimate of drug-likeness (QED) is 0.919. The zero-order valence-electron chi connectivity index (χ0n) is 10.2. The molecular formula is C15H13ClFNO. The van der Waals surface area contributed by atoms with Gasteiger partial charge in [-0.25, -0.2) is 4.39 Å². The average Bonchev–Trinajstić information content (AvgIpc) is 2.83. The van der Waals surface area contributed by atoms with Gasteiger partial charge >= 0.3 is 0 Å². The summed E-state index contributed by atoms with van der Waals surface area (Å²) in [6.45, 7) is 0.548. The minimum atomic E-state index is -0.417. The lowest BCUT2D eigenvalue weighted by Gasteiger charge is -2.13. The number of benzene rings is 2. The van der Waals surface area contributed by atoms with Crippen LogP contribution in [-0.2, 0) is 6.42 Å². The van der Waals surface area contributed by atoms with Crippen LogP contribution in [0.3, 0.4) is 0 Å². The monoisotopic (exact) mass is 277 g/mol. The highest BCUT2D eigenvalue weighted by Gasteiger charge is 2.22. The van der Waals surface area contributed by atoms with E-state index in [4.69, 9.17) is 16.3 Å². The molecule has 0 fully saturated rings. The Labute approximate surface area is 116 Å². The van der Waals surface area contributed by atoms with Crippen LogP contribution in [0.1, 0.15) is 5.56 Å². The fraction of sp³-hybridized carbons (Fsp3) is 0.200. The van der Waals surface area contributed by atoms with Gasteiger partial charge in [0.05, 0.1) is 17.3 Å². The van der Waals surface area contributed by atoms with Crippen LogP contribution in [0.15, 0.2) is 42.5 Å². The molecule has 4 heteroatoms. The van der Waals surface area contributed by atoms with E-state index in [0.717, 1.165) is 12.2 Å². The first kappa shape index (κ1) is 12.3. The third-order valence-corrected chi connectivity index (χ3v) is 3.48. The van der Waals surface area contributed by atoms with E-state index in [0.29, 0.717) is 12.2 Å². The Morgan fingerprint density at radius 2 is 2.05 bits per heavy atom. The van der Waals surface area contributed by atoms with Crippen LogP contribution in [0.5, 0.6) is 5.75 Å². The van der Waals surface area contributed by atoms with Gasteiger partial charge in [0.25, 0.3) is 0 Å². The maximum atomic E-state index is 13.7. The summed E-state index contributed by atoms with van der Waals surface area (Å²) in [5, 5.41) is 3.17. The van der Waals surface area contributed by atoms with Crippen LogP contribution in [0.4, 0.5) is 10.1 Å². The van der Waals surface area contributed by atoms with Crippen molar-refractivity contribution in [1.29, 1.82) is 0 Å². The van der Waals surface area contributed by atoms with Crippen LogP contribution in [-0.4, -0.2) is 12.6 Å². The lowest BCUT2D eigenvalue weighted by Crippen LogP contribution is -2.24. The van der Waals surface area contributed by atoms with Crippen LogP contribution in [0.25, 0.3) is 0 Å². The normalized spacial score (nSPS) is 16.8. The van der Waals surface area contributed by atoms with Crippen molar-refractivity contribution in [2.75, 3.05) is 11.9 Å². The second-order valence-corrected chi connectivity index (χ2v) is 4.94. The van der Waals surface area contributed by atoms with Crippen LogP contribution in [0, 0.1) is 5.82 Å². The van der Waals surface area contributed by atoms with Crippen molar-refractivity contribution >= 4 is 17.3 Å². The van der Waals surface area contributed by atoms with Gasteiger partial charge in [-0.2, -0.15) is 0 Å². The number of rotatable bonds is 3. The number of hydrogen-bond acceptors (Lipinski definition) is 2. The molecule has 0 spiro atoms. The Hall–Kier alpha value is -1.74. The largest absolute Gasteiger partial charge is 0.488 e. The number of para-hydroxylation sites is 1. The van der Waals surface area contributed by atoms with Gasteiger partial charge < -0.3 is 10.1 Å². The third-order valence-electron chi connectivity index (χ3n) is 3.19. The minimum Gasteiger partial charge on any atom is -0.488 e. The molecule has 0 saturated carbocycles. The number of halogens is 2. The summed E-state index contributed by atoms with van der Waals surface area (Å²) in [4.78, 5) is 0. The van der Waals surface area contributed by atoms with Gasteiger partial charge in [0.15, 0.2) is 5.82 Å². The van der Waals surface area contributed by atoms with Crippen molar-refractivity contribution in [2.45, 2.75) is 12.5 Å². The lowest BCUT2D eigenvalue weighted by atomic mass is 10.1. The molecule has 1 aliphatic heterocycles. The van der Waals surface area contributed by atoms with Crippen molar-refractivity contribution in [2.24, 2.45) is 0 Å². The predicted octanol–water partition coefficient (Wildman–Crippen LogP) is 3.89. The van der Waals surface area contributed by atoms with Gasteiger partial charge in [-0.05, 0) is 23.8 Å². The highest BCUT2D eigenvalue weighted by molar-refractivity contribution is 6.31. The SMILES string of the molecule is Fc1c(Cl)cccc1NCC1Cc2ccccc2O1. The number of hydrogen-bond donors (Lipinski definition) is 1. The zero-order valence-corrected chi connectivity index (χ0v) is 11.0. The minimum absolute atomic E-state index is 0.0239. The van der Waals surface area contributed by atoms with E-state index >= 15 is 0 Å². The fourth-order valence-electron chi connectivity index (χ4n) is 2.23. The van der Waals surface area contributed by atoms with E-state index in [-0.39, 0.29) is 11.1 Å². The molecule has 2 nitrogen and oxygen atoms in total. The van der Waals surface area contributed by atoms with Crippen LogP contribution < -0.4 is 10.1 Å². The Kier molecular flexibility index (Phi) is 3.30. The first-order valence-corrected chi connectivity index (χ1v) is 6.54. The summed E-state index contributed by atoms with van der Waals surface area (Å²) in [5.74, 6) is 0.501. The molecule has 19 heavy (non-hydrogen) atoms. The van der Waals surface area contributed by atoms with Crippen molar-refractivity contribution < 1.29 is 9.13 Å². The molecule has 3 rings (SSSR count). The zero-order chi connectivity index (χ0) is 13.2. The van der Waals surface area contributed by atoms with Crippen LogP contribution in [0.2, 0.25) is 5.02 Å². The molecule has 0 radical (unpaired) electrons. The molecule has 0 aromatic heterocycles. The smallest absolute Gasteiger partial charge is 0.164 e. The van der Waals surface area contributed by atoms with E-state index in [1.165, 1.54) is 11.6 Å². The van der Waals surface area contributed by atoms with Gasteiger partial charge in [-0.15, -0.1) is 0 Å². The first-order chi connectivity index (χ1) is 9.24. The van der Waals surface area contributed by atoms with E-state index in [1.54, 1.807) is 12.1 Å². The van der Waals surface area contributed by atoms with E-state index in [2.05, 4.69) is 11.4 Å². The molecule has 1 N–H and O–H groups in total. The molecule has 0 saturated heterocycles. The van der Waals surface area contributed by atoms with Crippen LogP contribution >= 0.6 is 11.6 Å². The van der Waals surface area contributed by atoms with E-state index in [9.17, 15) is 4.39 Å². The molecule has 1 atom stereocenters. The summed E-state index contributed by atoms with van der Waals surface area (Å²) < 4.78 is 19.5. The number of ether oxygens (including phenoxy) is 1. The van der Waals surface area contributed by atoms with Crippen molar-refractivity contribution in [1.82, 2.24) is 0 Å². The van der Waals surface area contributed by atoms with Crippen molar-refractivity contribution in [3.05, 3.63) is 58.9 Å². The molecular weight excluding hydrogens is 265 g/mol. The molecule has 2 aromatic carbocycles. The Bertz CT molecular complexity index is 577. The Balaban J connectivity index is 1.64. The Morgan fingerprint density at radius 1 is 1.21 bits per heavy atom. The van der Waals surface area contributed by atoms with Gasteiger partial charge in [-0.3, -0.25) is 0 Å². The highest BCUT2D eigenvalue weighted by Crippen LogP contribution is 2.28. The maximum Gasteiger partial charge on any atom is 0.164 e. The second-order valence-electron chi connectivity index (χ2n) is 4.53. The third kappa shape index (κ3) is 2.51. The van der Waals surface area contributed by atoms with Gasteiger partial charge in [0.2, 0.25) is 0 Å². The van der Waals surface area contributed by atoms with E-state index < -0.39 is 5.82 Å². The maximum absolute atomic E-state index is 13.7. The first-order valence-electron chi connectivity index (χ1n) is 6.16. The lowest BCUT2D eigenvalue weighted by molar-refractivity contribution is 0.246. The number of fused-ring (bicyclic) bond motifs is 1. The molecule has 0 amide bonds. The second kappa shape index (κ2) is 5.10.